The Labute approximate surface area is 135 Å². The first-order chi connectivity index (χ1) is 10.0. The fraction of sp³-hybridized carbons (Fsp3) is 0.333. The molecule has 1 atom stereocenters. The zero-order valence-corrected chi connectivity index (χ0v) is 14.6. The molecule has 0 aliphatic heterocycles. The predicted octanol–water partition coefficient (Wildman–Crippen LogP) is 4.77. The van der Waals surface area contributed by atoms with Gasteiger partial charge in [-0.1, -0.05) is 39.7 Å². The number of hydrogen-bond acceptors (Lipinski definition) is 2. The maximum absolute atomic E-state index is 5.81. The highest BCUT2D eigenvalue weighted by molar-refractivity contribution is 9.10. The summed E-state index contributed by atoms with van der Waals surface area (Å²) in [4.78, 5) is 0. The zero-order chi connectivity index (χ0) is 15.4. The van der Waals surface area contributed by atoms with E-state index in [1.165, 1.54) is 22.3 Å². The van der Waals surface area contributed by atoms with Crippen LogP contribution in [-0.2, 0) is 0 Å². The molecule has 0 aromatic heterocycles. The van der Waals surface area contributed by atoms with Gasteiger partial charge in [-0.3, -0.25) is 0 Å². The molecule has 2 rings (SSSR count). The van der Waals surface area contributed by atoms with Crippen LogP contribution in [0.25, 0.3) is 0 Å². The average molecular weight is 348 g/mol. The van der Waals surface area contributed by atoms with Crippen LogP contribution in [0.15, 0.2) is 40.9 Å². The van der Waals surface area contributed by atoms with Gasteiger partial charge in [-0.15, -0.1) is 0 Å². The molecule has 21 heavy (non-hydrogen) atoms. The van der Waals surface area contributed by atoms with Gasteiger partial charge >= 0.3 is 0 Å². The lowest BCUT2D eigenvalue weighted by Crippen LogP contribution is -2.19. The highest BCUT2D eigenvalue weighted by Crippen LogP contribution is 2.32. The molecule has 0 heterocycles. The fourth-order valence-electron chi connectivity index (χ4n) is 2.61. The molecule has 0 radical (unpaired) electrons. The molecular formula is C18H22BrNO. The molecule has 112 valence electrons. The largest absolute Gasteiger partial charge is 0.494 e. The third kappa shape index (κ3) is 3.86. The van der Waals surface area contributed by atoms with Gasteiger partial charge in [-0.05, 0) is 57.1 Å². The summed E-state index contributed by atoms with van der Waals surface area (Å²) in [5.74, 6) is 0.945. The second-order valence-electron chi connectivity index (χ2n) is 5.26. The van der Waals surface area contributed by atoms with Crippen LogP contribution in [0.5, 0.6) is 5.75 Å². The molecule has 0 bridgehead atoms. The number of ether oxygens (including phenoxy) is 1. The highest BCUT2D eigenvalue weighted by atomic mass is 79.9. The minimum Gasteiger partial charge on any atom is -0.494 e. The normalized spacial score (nSPS) is 12.2. The van der Waals surface area contributed by atoms with Gasteiger partial charge in [0.25, 0.3) is 0 Å². The molecule has 2 aromatic rings. The van der Waals surface area contributed by atoms with Crippen molar-refractivity contribution in [3.05, 3.63) is 63.1 Å². The molecule has 3 heteroatoms. The SMILES string of the molecule is CCOc1ccc(C)cc1C(NC)c1cc(C)cc(Br)c1. The Morgan fingerprint density at radius 2 is 1.86 bits per heavy atom. The molecule has 0 aliphatic rings. The van der Waals surface area contributed by atoms with Gasteiger partial charge < -0.3 is 10.1 Å². The van der Waals surface area contributed by atoms with Gasteiger partial charge in [0.15, 0.2) is 0 Å². The van der Waals surface area contributed by atoms with Gasteiger partial charge in [0.1, 0.15) is 5.75 Å². The van der Waals surface area contributed by atoms with E-state index in [0.717, 1.165) is 10.2 Å². The van der Waals surface area contributed by atoms with Gasteiger partial charge in [-0.25, -0.2) is 0 Å². The topological polar surface area (TPSA) is 21.3 Å². The summed E-state index contributed by atoms with van der Waals surface area (Å²) in [6.07, 6.45) is 0. The molecule has 1 unspecified atom stereocenters. The molecule has 0 saturated heterocycles. The van der Waals surface area contributed by atoms with Crippen molar-refractivity contribution in [1.29, 1.82) is 0 Å². The van der Waals surface area contributed by atoms with Crippen molar-refractivity contribution in [2.45, 2.75) is 26.8 Å². The smallest absolute Gasteiger partial charge is 0.124 e. The lowest BCUT2D eigenvalue weighted by atomic mass is 9.95. The second kappa shape index (κ2) is 7.10. The van der Waals surface area contributed by atoms with Gasteiger partial charge in [0, 0.05) is 10.0 Å². The summed E-state index contributed by atoms with van der Waals surface area (Å²) in [6, 6.07) is 13.0. The Kier molecular flexibility index (Phi) is 5.43. The Morgan fingerprint density at radius 1 is 1.10 bits per heavy atom. The van der Waals surface area contributed by atoms with Crippen LogP contribution in [0.3, 0.4) is 0 Å². The Bertz CT molecular complexity index is 604. The summed E-state index contributed by atoms with van der Waals surface area (Å²) in [5.41, 5.74) is 4.89. The van der Waals surface area contributed by atoms with Crippen LogP contribution < -0.4 is 10.1 Å². The van der Waals surface area contributed by atoms with Crippen LogP contribution >= 0.6 is 15.9 Å². The van der Waals surface area contributed by atoms with E-state index in [4.69, 9.17) is 4.74 Å². The Balaban J connectivity index is 2.52. The van der Waals surface area contributed by atoms with Gasteiger partial charge in [0.05, 0.1) is 12.6 Å². The van der Waals surface area contributed by atoms with Crippen molar-refractivity contribution in [2.75, 3.05) is 13.7 Å². The first kappa shape index (κ1) is 16.1. The van der Waals surface area contributed by atoms with E-state index in [0.29, 0.717) is 6.61 Å². The molecule has 1 N–H and O–H groups in total. The van der Waals surface area contributed by atoms with E-state index in [2.05, 4.69) is 71.5 Å². The minimum absolute atomic E-state index is 0.114. The van der Waals surface area contributed by atoms with Crippen molar-refractivity contribution in [2.24, 2.45) is 0 Å². The standard InChI is InChI=1S/C18H22BrNO/c1-5-21-17-7-6-12(2)10-16(17)18(20-4)14-8-13(3)9-15(19)11-14/h6-11,18,20H,5H2,1-4H3. The Hall–Kier alpha value is -1.32. The maximum Gasteiger partial charge on any atom is 0.124 e. The lowest BCUT2D eigenvalue weighted by molar-refractivity contribution is 0.334. The van der Waals surface area contributed by atoms with Crippen molar-refractivity contribution < 1.29 is 4.74 Å². The van der Waals surface area contributed by atoms with Crippen molar-refractivity contribution in [3.8, 4) is 5.75 Å². The number of hydrogen-bond donors (Lipinski definition) is 1. The summed E-state index contributed by atoms with van der Waals surface area (Å²) in [7, 11) is 1.99. The van der Waals surface area contributed by atoms with Gasteiger partial charge in [0.2, 0.25) is 0 Å². The maximum atomic E-state index is 5.81. The molecule has 0 aliphatic carbocycles. The zero-order valence-electron chi connectivity index (χ0n) is 13.0. The highest BCUT2D eigenvalue weighted by Gasteiger charge is 2.17. The van der Waals surface area contributed by atoms with Crippen LogP contribution in [0.1, 0.15) is 35.2 Å². The predicted molar refractivity (Wildman–Crippen MR) is 92.1 cm³/mol. The fourth-order valence-corrected chi connectivity index (χ4v) is 3.24. The number of rotatable bonds is 5. The average Bonchev–Trinajstić information content (AvgIpc) is 2.41. The minimum atomic E-state index is 0.114. The molecule has 0 saturated carbocycles. The van der Waals surface area contributed by atoms with Crippen molar-refractivity contribution in [1.82, 2.24) is 5.32 Å². The third-order valence-electron chi connectivity index (χ3n) is 3.46. The molecule has 2 nitrogen and oxygen atoms in total. The van der Waals surface area contributed by atoms with Crippen molar-refractivity contribution >= 4 is 15.9 Å². The van der Waals surface area contributed by atoms with E-state index >= 15 is 0 Å². The molecule has 0 spiro atoms. The second-order valence-corrected chi connectivity index (χ2v) is 6.17. The third-order valence-corrected chi connectivity index (χ3v) is 3.92. The molecule has 2 aromatic carbocycles. The van der Waals surface area contributed by atoms with E-state index < -0.39 is 0 Å². The van der Waals surface area contributed by atoms with E-state index in [1.807, 2.05) is 14.0 Å². The first-order valence-corrected chi connectivity index (χ1v) is 8.02. The summed E-state index contributed by atoms with van der Waals surface area (Å²) in [5, 5.41) is 3.41. The van der Waals surface area contributed by atoms with E-state index in [-0.39, 0.29) is 6.04 Å². The molecular weight excluding hydrogens is 326 g/mol. The van der Waals surface area contributed by atoms with E-state index in [9.17, 15) is 0 Å². The summed E-state index contributed by atoms with van der Waals surface area (Å²) < 4.78 is 6.91. The monoisotopic (exact) mass is 347 g/mol. The first-order valence-electron chi connectivity index (χ1n) is 7.22. The van der Waals surface area contributed by atoms with Gasteiger partial charge in [-0.2, -0.15) is 0 Å². The van der Waals surface area contributed by atoms with E-state index in [1.54, 1.807) is 0 Å². The van der Waals surface area contributed by atoms with Crippen LogP contribution in [0, 0.1) is 13.8 Å². The molecule has 0 amide bonds. The lowest BCUT2D eigenvalue weighted by Gasteiger charge is -2.22. The number of aryl methyl sites for hydroxylation is 2. The number of benzene rings is 2. The van der Waals surface area contributed by atoms with Crippen LogP contribution in [0.2, 0.25) is 0 Å². The van der Waals surface area contributed by atoms with Crippen LogP contribution in [0.4, 0.5) is 0 Å². The van der Waals surface area contributed by atoms with Crippen molar-refractivity contribution in [3.63, 3.8) is 0 Å². The molecule has 0 fully saturated rings. The quantitative estimate of drug-likeness (QED) is 0.840. The van der Waals surface area contributed by atoms with Crippen LogP contribution in [-0.4, -0.2) is 13.7 Å². The number of halogens is 1. The summed E-state index contributed by atoms with van der Waals surface area (Å²) in [6.45, 7) is 6.91. The summed E-state index contributed by atoms with van der Waals surface area (Å²) >= 11 is 3.59. The number of nitrogens with one attached hydrogen (secondary N) is 1. The Morgan fingerprint density at radius 3 is 2.48 bits per heavy atom.